The fourth-order valence-electron chi connectivity index (χ4n) is 17.5. The number of halogens is 2. The van der Waals surface area contributed by atoms with Gasteiger partial charge in [0.15, 0.2) is 0 Å². The number of hydrogen-bond donors (Lipinski definition) is 0. The molecular formula is C101H118F2N4S12. The van der Waals surface area contributed by atoms with Gasteiger partial charge in [0.2, 0.25) is 0 Å². The molecule has 0 aliphatic rings. The highest BCUT2D eigenvalue weighted by Gasteiger charge is 2.30. The van der Waals surface area contributed by atoms with Crippen molar-refractivity contribution in [2.75, 3.05) is 0 Å². The van der Waals surface area contributed by atoms with Crippen LogP contribution in [-0.2, 0) is 44.9 Å². The van der Waals surface area contributed by atoms with E-state index in [9.17, 15) is 0 Å². The van der Waals surface area contributed by atoms with Crippen molar-refractivity contribution in [3.8, 4) is 100 Å². The van der Waals surface area contributed by atoms with E-state index in [1.807, 2.05) is 86.3 Å². The van der Waals surface area contributed by atoms with Crippen LogP contribution in [0.5, 0.6) is 0 Å². The summed E-state index contributed by atoms with van der Waals surface area (Å²) in [6, 6.07) is 38.4. The first-order valence-electron chi connectivity index (χ1n) is 45.1. The van der Waals surface area contributed by atoms with Gasteiger partial charge in [0.25, 0.3) is 0 Å². The molecule has 0 radical (unpaired) electrons. The zero-order valence-electron chi connectivity index (χ0n) is 71.6. The predicted octanol–water partition coefficient (Wildman–Crippen LogP) is 38.0. The molecule has 18 heteroatoms. The van der Waals surface area contributed by atoms with Crippen molar-refractivity contribution in [1.82, 2.24) is 19.2 Å². The first-order chi connectivity index (χ1) is 58.3. The second kappa shape index (κ2) is 42.6. The Balaban J connectivity index is 0.869. The second-order valence-electron chi connectivity index (χ2n) is 33.3. The highest BCUT2D eigenvalue weighted by atomic mass is 32.1. The summed E-state index contributed by atoms with van der Waals surface area (Å²) < 4.78 is 45.8. The molecule has 0 amide bonds. The number of unbranched alkanes of at least 4 members (excludes halogenated alkanes) is 17. The number of fused-ring (bicyclic) bond motifs is 4. The molecule has 0 aliphatic carbocycles. The SMILES string of the molecule is CCCCCCc1cc(-c2cc3c(-c4ccc(CC(CC)CCCC)s4)c4sc(-c5cc(CCCCCC)c(-c6ccc(-c7sc(-c8cc(F)c(CCCCCC)c9snnc89)cc7CCCCCC)s6)s5)cc4c(-c4ccc(CC(CC)CCCC)s4)c3s2)sc1-c1ccc(-c2sc(-c3cc(F)c(C)c4snnc34)cc2CCCCCC)s1. The van der Waals surface area contributed by atoms with Gasteiger partial charge in [-0.2, -0.15) is 0 Å². The first kappa shape index (κ1) is 88.5. The summed E-state index contributed by atoms with van der Waals surface area (Å²) >= 11 is 22.4. The molecular weight excluding hydrogens is 1690 g/mol. The molecule has 2 unspecified atom stereocenters. The molecule has 2 atom stereocenters. The average Bonchev–Trinajstić information content (AvgIpc) is 1.56. The summed E-state index contributed by atoms with van der Waals surface area (Å²) in [5.41, 5.74) is 13.2. The Hall–Kier alpha value is -5.32. The van der Waals surface area contributed by atoms with E-state index in [1.54, 1.807) is 23.5 Å². The van der Waals surface area contributed by atoms with Gasteiger partial charge in [0.1, 0.15) is 22.7 Å². The lowest BCUT2D eigenvalue weighted by atomic mass is 9.95. The Kier molecular flexibility index (Phi) is 31.7. The number of hydrogen-bond acceptors (Lipinski definition) is 16. The lowest BCUT2D eigenvalue weighted by Crippen LogP contribution is -2.01. The Morgan fingerprint density at radius 3 is 1.04 bits per heavy atom. The third-order valence-electron chi connectivity index (χ3n) is 24.5. The standard InChI is InChI=1S/C101H118F2N4S12/c1-11-20-27-32-39-65-54-84(72-58-76(102)62(10)94-92(72)104-106-118-94)112-95(65)80-48-50-82(110-80)97-67(41-34-29-22-13-3)56-86(114-97)88-60-74-90(78-46-44-69(108-78)52-63(18-8)37-25-16-6)100-75(91(99(74)116-88)79-47-45-70(109-79)53-64(19-9)38-26-17-7)61-89(117-100)87-57-68(42-35-30-23-14-4)98(115-87)83-51-49-81(111-83)96-66(40-33-28-21-12-2)55-85(113-96)73-59-77(103)71(43-36-31-24-15-5)101-93(73)105-107-119-101/h44-51,54-61,63-64H,11-43,52-53H2,1-10H3. The van der Waals surface area contributed by atoms with Crippen LogP contribution in [0.3, 0.4) is 0 Å². The van der Waals surface area contributed by atoms with Crippen molar-refractivity contribution in [3.63, 3.8) is 0 Å². The van der Waals surface area contributed by atoms with Crippen LogP contribution in [-0.4, -0.2) is 19.2 Å². The van der Waals surface area contributed by atoms with Crippen LogP contribution in [0.25, 0.3) is 141 Å². The zero-order valence-corrected chi connectivity index (χ0v) is 81.4. The number of thiophene rings is 10. The summed E-state index contributed by atoms with van der Waals surface area (Å²) in [5, 5.41) is 12.1. The van der Waals surface area contributed by atoms with Crippen molar-refractivity contribution < 1.29 is 8.78 Å². The molecule has 12 heterocycles. The number of rotatable bonds is 47. The zero-order chi connectivity index (χ0) is 82.5. The lowest BCUT2D eigenvalue weighted by molar-refractivity contribution is 0.452. The highest BCUT2D eigenvalue weighted by Crippen LogP contribution is 2.58. The van der Waals surface area contributed by atoms with E-state index in [0.717, 1.165) is 124 Å². The number of aromatic nitrogens is 4. The van der Waals surface area contributed by atoms with E-state index in [4.69, 9.17) is 5.10 Å². The molecule has 0 aliphatic heterocycles. The van der Waals surface area contributed by atoms with Gasteiger partial charge >= 0.3 is 0 Å². The van der Waals surface area contributed by atoms with E-state index >= 15 is 8.78 Å². The van der Waals surface area contributed by atoms with Crippen LogP contribution in [0.2, 0.25) is 0 Å². The maximum Gasteiger partial charge on any atom is 0.128 e. The quantitative estimate of drug-likeness (QED) is 0.0357. The fraction of sp³-hybridized carbons (Fsp3) is 0.465. The normalized spacial score (nSPS) is 12.6. The highest BCUT2D eigenvalue weighted by molar-refractivity contribution is 7.32. The topological polar surface area (TPSA) is 51.6 Å². The van der Waals surface area contributed by atoms with Crippen molar-refractivity contribution in [3.05, 3.63) is 152 Å². The van der Waals surface area contributed by atoms with E-state index in [0.29, 0.717) is 17.4 Å². The van der Waals surface area contributed by atoms with Crippen LogP contribution in [0.1, 0.15) is 285 Å². The minimum absolute atomic E-state index is 0.120. The van der Waals surface area contributed by atoms with Crippen molar-refractivity contribution >= 4 is 177 Å². The van der Waals surface area contributed by atoms with Gasteiger partial charge in [-0.1, -0.05) is 219 Å². The summed E-state index contributed by atoms with van der Waals surface area (Å²) in [4.78, 5) is 24.1. The van der Waals surface area contributed by atoms with Crippen molar-refractivity contribution in [2.24, 2.45) is 11.8 Å². The third-order valence-corrected chi connectivity index (χ3v) is 38.7. The van der Waals surface area contributed by atoms with Gasteiger partial charge in [0.05, 0.1) is 9.40 Å². The number of nitrogens with zero attached hydrogens (tertiary/aromatic N) is 4. The van der Waals surface area contributed by atoms with Gasteiger partial charge in [-0.15, -0.1) is 124 Å². The smallest absolute Gasteiger partial charge is 0.128 e. The Morgan fingerprint density at radius 1 is 0.303 bits per heavy atom. The maximum absolute atomic E-state index is 16.6. The van der Waals surface area contributed by atoms with Crippen LogP contribution in [0.15, 0.2) is 97.1 Å². The third kappa shape index (κ3) is 20.3. The summed E-state index contributed by atoms with van der Waals surface area (Å²) in [5.74, 6) is 1.03. The fourth-order valence-corrected chi connectivity index (χ4v) is 31.5. The molecule has 0 N–H and O–H groups in total. The summed E-state index contributed by atoms with van der Waals surface area (Å²) in [6.45, 7) is 22.8. The number of benzene rings is 3. The molecule has 0 saturated carbocycles. The maximum atomic E-state index is 16.6. The summed E-state index contributed by atoms with van der Waals surface area (Å²) in [6.07, 6.45) is 40.6. The molecule has 15 aromatic rings. The molecule has 15 rings (SSSR count). The van der Waals surface area contributed by atoms with Crippen LogP contribution < -0.4 is 0 Å². The van der Waals surface area contributed by atoms with Gasteiger partial charge in [-0.3, -0.25) is 0 Å². The molecule has 0 spiro atoms. The minimum Gasteiger partial charge on any atom is -0.207 e. The van der Waals surface area contributed by atoms with Gasteiger partial charge in [-0.25, -0.2) is 8.78 Å². The molecule has 0 fully saturated rings. The van der Waals surface area contributed by atoms with E-state index < -0.39 is 0 Å². The molecule has 0 bridgehead atoms. The first-order valence-corrected chi connectivity index (χ1v) is 54.8. The van der Waals surface area contributed by atoms with E-state index in [1.165, 1.54) is 302 Å². The van der Waals surface area contributed by atoms with Crippen molar-refractivity contribution in [1.29, 1.82) is 0 Å². The molecule has 119 heavy (non-hydrogen) atoms. The molecule has 12 aromatic heterocycles. The summed E-state index contributed by atoms with van der Waals surface area (Å²) in [7, 11) is 0. The number of aryl methyl sites for hydroxylation is 6. The molecule has 4 nitrogen and oxygen atoms in total. The minimum atomic E-state index is -0.195. The monoisotopic (exact) mass is 1810 g/mol. The van der Waals surface area contributed by atoms with Gasteiger partial charge < -0.3 is 0 Å². The van der Waals surface area contributed by atoms with E-state index in [2.05, 4.69) is 184 Å². The van der Waals surface area contributed by atoms with Gasteiger partial charge in [0, 0.05) is 141 Å². The average molecular weight is 1810 g/mol. The Labute approximate surface area is 755 Å². The largest absolute Gasteiger partial charge is 0.207 e. The molecule has 628 valence electrons. The molecule has 0 saturated heterocycles. The van der Waals surface area contributed by atoms with Crippen LogP contribution >= 0.6 is 136 Å². The van der Waals surface area contributed by atoms with Crippen LogP contribution in [0, 0.1) is 30.4 Å². The van der Waals surface area contributed by atoms with E-state index in [-0.39, 0.29) is 11.6 Å². The molecule has 3 aromatic carbocycles. The predicted molar refractivity (Wildman–Crippen MR) is 534 cm³/mol. The Morgan fingerprint density at radius 2 is 0.647 bits per heavy atom. The van der Waals surface area contributed by atoms with Crippen molar-refractivity contribution in [2.45, 2.75) is 294 Å². The Bertz CT molecular complexity index is 5670. The van der Waals surface area contributed by atoms with Gasteiger partial charge in [-0.05, 0) is 238 Å². The lowest BCUT2D eigenvalue weighted by Gasteiger charge is -2.13. The second-order valence-corrected chi connectivity index (χ2v) is 45.6. The van der Waals surface area contributed by atoms with Crippen LogP contribution in [0.4, 0.5) is 8.78 Å².